The molecule has 0 bridgehead atoms. The average molecular weight is 196 g/mol. The molecule has 52 valence electrons. The predicted molar refractivity (Wildman–Crippen MR) is 36.7 cm³/mol. The van der Waals surface area contributed by atoms with Gasteiger partial charge in [0, 0.05) is 59.1 Å². The van der Waals surface area contributed by atoms with Crippen LogP contribution >= 0.6 is 0 Å². The van der Waals surface area contributed by atoms with Crippen LogP contribution in [0, 0.1) is 0 Å². The van der Waals surface area contributed by atoms with E-state index in [2.05, 4.69) is 0 Å². The van der Waals surface area contributed by atoms with E-state index in [-0.39, 0.29) is 59.1 Å². The Morgan fingerprint density at radius 2 is 1.18 bits per heavy atom. The Morgan fingerprint density at radius 1 is 0.909 bits per heavy atom. The Labute approximate surface area is 107 Å². The van der Waals surface area contributed by atoms with Crippen LogP contribution in [0.2, 0.25) is 0 Å². The van der Waals surface area contributed by atoms with Gasteiger partial charge in [0.2, 0.25) is 0 Å². The molecule has 2 N–H and O–H groups in total. The van der Waals surface area contributed by atoms with Crippen molar-refractivity contribution in [2.24, 2.45) is 0 Å². The smallest absolute Gasteiger partial charge is 0.262 e. The number of nitrogens with one attached hydrogen (secondary N) is 2. The molecule has 0 aromatic heterocycles. The fourth-order valence-corrected chi connectivity index (χ4v) is 1.09. The van der Waals surface area contributed by atoms with Crippen LogP contribution in [0.3, 0.4) is 0 Å². The molecule has 0 saturated carbocycles. The monoisotopic (exact) mass is 196 g/mol. The molecule has 11 heavy (non-hydrogen) atoms. The molecule has 0 atom stereocenters. The number of hydrogen-bond donors (Lipinski definition) is 2. The zero-order valence-corrected chi connectivity index (χ0v) is 10.9. The van der Waals surface area contributed by atoms with E-state index < -0.39 is 22.0 Å². The van der Waals surface area contributed by atoms with Crippen molar-refractivity contribution in [3.8, 4) is 0 Å². The van der Waals surface area contributed by atoms with Crippen LogP contribution in [-0.2, 0) is 19.8 Å². The van der Waals surface area contributed by atoms with E-state index in [4.69, 9.17) is 0 Å². The fraction of sp³-hybridized carbons (Fsp3) is 0. The molecule has 2 amide bonds. The van der Waals surface area contributed by atoms with Crippen molar-refractivity contribution < 1.29 is 18.0 Å². The van der Waals surface area contributed by atoms with Crippen LogP contribution < -0.4 is 9.44 Å². The topological polar surface area (TPSA) is 92.3 Å². The van der Waals surface area contributed by atoms with Gasteiger partial charge in [0.1, 0.15) is 0 Å². The van der Waals surface area contributed by atoms with Gasteiger partial charge in [-0.1, -0.05) is 0 Å². The molecule has 0 spiro atoms. The first kappa shape index (κ1) is 14.4. The summed E-state index contributed by atoms with van der Waals surface area (Å²) in [7, 11) is -3.84. The molecule has 6 nitrogen and oxygen atoms in total. The van der Waals surface area contributed by atoms with Gasteiger partial charge in [-0.05, 0) is 0 Å². The third-order valence-corrected chi connectivity index (χ3v) is 1.57. The van der Waals surface area contributed by atoms with E-state index in [0.29, 0.717) is 0 Å². The van der Waals surface area contributed by atoms with E-state index in [1.165, 1.54) is 9.44 Å². The van der Waals surface area contributed by atoms with Crippen molar-refractivity contribution in [1.29, 1.82) is 0 Å². The van der Waals surface area contributed by atoms with Crippen LogP contribution in [0.4, 0.5) is 0 Å². The summed E-state index contributed by atoms with van der Waals surface area (Å²) in [5.41, 5.74) is 0. The summed E-state index contributed by atoms with van der Waals surface area (Å²) in [5.74, 6) is -2.29. The van der Waals surface area contributed by atoms with Crippen LogP contribution in [0.25, 0.3) is 0 Å². The molecule has 0 aliphatic carbocycles. The number of rotatable bonds is 0. The minimum atomic E-state index is -3.84. The van der Waals surface area contributed by atoms with Crippen LogP contribution in [0.1, 0.15) is 0 Å². The first-order valence-corrected chi connectivity index (χ1v) is 3.38. The molecule has 1 rings (SSSR count). The standard InChI is InChI=1S/C2H2N2O4S.2Na/c5-1-2(6)4-9(7,8)3-1;;/h(H,3,5)(H,4,6);;. The molecule has 2 radical (unpaired) electrons. The molecule has 1 aliphatic rings. The van der Waals surface area contributed by atoms with Crippen molar-refractivity contribution >= 4 is 81.1 Å². The normalized spacial score (nSPS) is 18.9. The van der Waals surface area contributed by atoms with Gasteiger partial charge in [0.15, 0.2) is 0 Å². The van der Waals surface area contributed by atoms with Gasteiger partial charge < -0.3 is 0 Å². The van der Waals surface area contributed by atoms with Gasteiger partial charge in [-0.25, -0.2) is 9.44 Å². The number of amides is 2. The second-order valence-electron chi connectivity index (χ2n) is 1.37. The Bertz CT molecular complexity index is 250. The summed E-state index contributed by atoms with van der Waals surface area (Å²) in [6, 6.07) is 0. The van der Waals surface area contributed by atoms with E-state index in [9.17, 15) is 18.0 Å². The van der Waals surface area contributed by atoms with Gasteiger partial charge in [0.25, 0.3) is 0 Å². The SMILES string of the molecule is O=C1NS(=O)(=O)NC1=O.[Na].[Na]. The molecular formula is C2H2N2Na2O4S. The summed E-state index contributed by atoms with van der Waals surface area (Å²) in [4.78, 5) is 20.2. The van der Waals surface area contributed by atoms with Crippen LogP contribution in [0.5, 0.6) is 0 Å². The Balaban J connectivity index is 0. The van der Waals surface area contributed by atoms with Gasteiger partial charge in [-0.3, -0.25) is 9.59 Å². The predicted octanol–water partition coefficient (Wildman–Crippen LogP) is -3.28. The molecule has 1 heterocycles. The second-order valence-corrected chi connectivity index (χ2v) is 2.78. The van der Waals surface area contributed by atoms with Gasteiger partial charge >= 0.3 is 22.0 Å². The minimum absolute atomic E-state index is 0. The van der Waals surface area contributed by atoms with Crippen LogP contribution in [-0.4, -0.2) is 79.3 Å². The van der Waals surface area contributed by atoms with E-state index in [0.717, 1.165) is 0 Å². The van der Waals surface area contributed by atoms with E-state index >= 15 is 0 Å². The molecule has 9 heteroatoms. The molecular weight excluding hydrogens is 194 g/mol. The maximum absolute atomic E-state index is 10.2. The minimum Gasteiger partial charge on any atom is -0.262 e. The van der Waals surface area contributed by atoms with Crippen LogP contribution in [0.15, 0.2) is 0 Å². The fourth-order valence-electron chi connectivity index (χ4n) is 0.362. The quantitative estimate of drug-likeness (QED) is 0.314. The summed E-state index contributed by atoms with van der Waals surface area (Å²) in [6.45, 7) is 0. The Kier molecular flexibility index (Phi) is 6.30. The number of carbonyl (C=O) groups is 2. The maximum Gasteiger partial charge on any atom is 0.326 e. The van der Waals surface area contributed by atoms with Crippen molar-refractivity contribution in [3.63, 3.8) is 0 Å². The largest absolute Gasteiger partial charge is 0.326 e. The van der Waals surface area contributed by atoms with Crippen molar-refractivity contribution in [1.82, 2.24) is 9.44 Å². The van der Waals surface area contributed by atoms with Gasteiger partial charge in [0.05, 0.1) is 0 Å². The first-order chi connectivity index (χ1) is 4.01. The summed E-state index contributed by atoms with van der Waals surface area (Å²) in [5, 5.41) is 0. The summed E-state index contributed by atoms with van der Waals surface area (Å²) in [6.07, 6.45) is 0. The average Bonchev–Trinajstić information content (AvgIpc) is 1.79. The second kappa shape index (κ2) is 4.80. The molecule has 0 aromatic rings. The zero-order valence-electron chi connectivity index (χ0n) is 6.04. The van der Waals surface area contributed by atoms with Crippen molar-refractivity contribution in [2.45, 2.75) is 0 Å². The summed E-state index contributed by atoms with van der Waals surface area (Å²) >= 11 is 0. The third-order valence-electron chi connectivity index (χ3n) is 0.660. The summed E-state index contributed by atoms with van der Waals surface area (Å²) < 4.78 is 23.2. The van der Waals surface area contributed by atoms with E-state index in [1.807, 2.05) is 0 Å². The zero-order chi connectivity index (χ0) is 7.07. The molecule has 1 fully saturated rings. The van der Waals surface area contributed by atoms with Gasteiger partial charge in [-0.2, -0.15) is 8.42 Å². The van der Waals surface area contributed by atoms with Crippen molar-refractivity contribution in [3.05, 3.63) is 0 Å². The number of hydrogen-bond acceptors (Lipinski definition) is 4. The first-order valence-electron chi connectivity index (χ1n) is 1.90. The molecule has 1 saturated heterocycles. The molecule has 0 aromatic carbocycles. The van der Waals surface area contributed by atoms with Gasteiger partial charge in [-0.15, -0.1) is 0 Å². The maximum atomic E-state index is 10.2. The molecule has 0 unspecified atom stereocenters. The Hall–Kier alpha value is 0.890. The molecule has 1 aliphatic heterocycles. The third kappa shape index (κ3) is 3.88. The van der Waals surface area contributed by atoms with E-state index in [1.54, 1.807) is 0 Å². The number of carbonyl (C=O) groups excluding carboxylic acids is 2. The van der Waals surface area contributed by atoms with Crippen molar-refractivity contribution in [2.75, 3.05) is 0 Å². The Morgan fingerprint density at radius 3 is 1.27 bits per heavy atom.